The van der Waals surface area contributed by atoms with Crippen LogP contribution in [0.5, 0.6) is 0 Å². The Morgan fingerprint density at radius 2 is 1.90 bits per heavy atom. The molecule has 0 radical (unpaired) electrons. The third kappa shape index (κ3) is 3.63. The normalized spacial score (nSPS) is 11.0. The Bertz CT molecular complexity index is 524. The molecule has 0 unspecified atom stereocenters. The molecule has 0 heterocycles. The molecule has 1 aromatic rings. The topological polar surface area (TPSA) is 101 Å². The minimum Gasteiger partial charge on any atom is -0.399 e. The molecule has 1 aromatic carbocycles. The largest absolute Gasteiger partial charge is 0.399 e. The highest BCUT2D eigenvalue weighted by Gasteiger charge is 2.26. The van der Waals surface area contributed by atoms with Crippen LogP contribution < -0.4 is 21.7 Å². The van der Waals surface area contributed by atoms with Crippen molar-refractivity contribution in [2.24, 2.45) is 11.1 Å². The summed E-state index contributed by atoms with van der Waals surface area (Å²) >= 11 is 0. The second-order valence-corrected chi connectivity index (χ2v) is 5.60. The Labute approximate surface area is 119 Å². The zero-order chi connectivity index (χ0) is 15.5. The van der Waals surface area contributed by atoms with Gasteiger partial charge in [-0.3, -0.25) is 9.59 Å². The average Bonchev–Trinajstić information content (AvgIpc) is 2.35. The van der Waals surface area contributed by atoms with Crippen LogP contribution >= 0.6 is 0 Å². The van der Waals surface area contributed by atoms with E-state index in [1.54, 1.807) is 32.0 Å². The van der Waals surface area contributed by atoms with E-state index in [1.807, 2.05) is 19.0 Å². The molecule has 0 saturated heterocycles. The molecule has 0 fully saturated rings. The van der Waals surface area contributed by atoms with Crippen LogP contribution in [0, 0.1) is 5.41 Å². The van der Waals surface area contributed by atoms with Crippen LogP contribution in [0.1, 0.15) is 24.2 Å². The van der Waals surface area contributed by atoms with Gasteiger partial charge in [-0.25, -0.2) is 0 Å². The molecule has 2 amide bonds. The van der Waals surface area contributed by atoms with Crippen molar-refractivity contribution in [1.29, 1.82) is 0 Å². The first kappa shape index (κ1) is 15.8. The van der Waals surface area contributed by atoms with Crippen molar-refractivity contribution in [3.63, 3.8) is 0 Å². The van der Waals surface area contributed by atoms with Gasteiger partial charge in [-0.05, 0) is 32.0 Å². The lowest BCUT2D eigenvalue weighted by Crippen LogP contribution is -2.42. The van der Waals surface area contributed by atoms with Crippen molar-refractivity contribution >= 4 is 23.2 Å². The Kier molecular flexibility index (Phi) is 4.60. The number of nitrogens with zero attached hydrogens (tertiary/aromatic N) is 1. The zero-order valence-electron chi connectivity index (χ0n) is 12.4. The Morgan fingerprint density at radius 3 is 2.40 bits per heavy atom. The summed E-state index contributed by atoms with van der Waals surface area (Å²) in [4.78, 5) is 25.3. The van der Waals surface area contributed by atoms with Crippen molar-refractivity contribution in [3.8, 4) is 0 Å². The number of primary amides is 1. The number of carbonyl (C=O) groups is 2. The van der Waals surface area contributed by atoms with E-state index in [2.05, 4.69) is 5.32 Å². The van der Waals surface area contributed by atoms with Crippen LogP contribution in [-0.2, 0) is 4.79 Å². The average molecular weight is 278 g/mol. The number of hydrogen-bond donors (Lipinski definition) is 3. The van der Waals surface area contributed by atoms with Gasteiger partial charge in [0.1, 0.15) is 0 Å². The zero-order valence-corrected chi connectivity index (χ0v) is 12.4. The summed E-state index contributed by atoms with van der Waals surface area (Å²) in [6.07, 6.45) is 0. The van der Waals surface area contributed by atoms with Gasteiger partial charge in [-0.1, -0.05) is 0 Å². The molecule has 1 rings (SSSR count). The summed E-state index contributed by atoms with van der Waals surface area (Å²) in [5, 5.41) is 2.72. The summed E-state index contributed by atoms with van der Waals surface area (Å²) in [5.74, 6) is -0.742. The molecule has 0 atom stereocenters. The molecule has 0 bridgehead atoms. The first-order valence-electron chi connectivity index (χ1n) is 6.30. The van der Waals surface area contributed by atoms with E-state index in [0.29, 0.717) is 11.3 Å². The van der Waals surface area contributed by atoms with Crippen LogP contribution in [0.4, 0.5) is 11.4 Å². The molecule has 0 aliphatic heterocycles. The molecule has 6 nitrogen and oxygen atoms in total. The summed E-state index contributed by atoms with van der Waals surface area (Å²) in [7, 11) is 3.69. The summed E-state index contributed by atoms with van der Waals surface area (Å²) < 4.78 is 0. The van der Waals surface area contributed by atoms with Crippen molar-refractivity contribution in [2.75, 3.05) is 31.3 Å². The fourth-order valence-corrected chi connectivity index (χ4v) is 1.61. The summed E-state index contributed by atoms with van der Waals surface area (Å²) in [6, 6.07) is 5.13. The molecular formula is C14H22N4O2. The number of hydrogen-bond acceptors (Lipinski definition) is 4. The van der Waals surface area contributed by atoms with Gasteiger partial charge >= 0.3 is 0 Å². The maximum Gasteiger partial charge on any atom is 0.253 e. The minimum absolute atomic E-state index is 0.169. The number of nitrogens with two attached hydrogens (primary N) is 2. The highest BCUT2D eigenvalue weighted by molar-refractivity contribution is 6.01. The number of nitrogens with one attached hydrogen (secondary N) is 1. The Morgan fingerprint density at radius 1 is 1.30 bits per heavy atom. The lowest BCUT2D eigenvalue weighted by molar-refractivity contribution is -0.125. The monoisotopic (exact) mass is 278 g/mol. The van der Waals surface area contributed by atoms with E-state index in [-0.39, 0.29) is 12.5 Å². The first-order chi connectivity index (χ1) is 9.15. The van der Waals surface area contributed by atoms with Crippen LogP contribution in [0.2, 0.25) is 0 Å². The highest BCUT2D eigenvalue weighted by atomic mass is 16.2. The molecule has 0 saturated carbocycles. The third-order valence-corrected chi connectivity index (χ3v) is 3.10. The van der Waals surface area contributed by atoms with Crippen molar-refractivity contribution in [3.05, 3.63) is 23.8 Å². The van der Waals surface area contributed by atoms with Gasteiger partial charge in [-0.2, -0.15) is 0 Å². The number of anilines is 2. The number of nitrogen functional groups attached to an aromatic ring is 1. The molecule has 110 valence electrons. The van der Waals surface area contributed by atoms with Gasteiger partial charge in [0, 0.05) is 32.0 Å². The maximum atomic E-state index is 12.2. The van der Waals surface area contributed by atoms with Gasteiger partial charge in [0.25, 0.3) is 5.91 Å². The second-order valence-electron chi connectivity index (χ2n) is 5.60. The van der Waals surface area contributed by atoms with Gasteiger partial charge < -0.3 is 21.7 Å². The van der Waals surface area contributed by atoms with Crippen molar-refractivity contribution in [1.82, 2.24) is 5.32 Å². The fraction of sp³-hybridized carbons (Fsp3) is 0.429. The van der Waals surface area contributed by atoms with Crippen molar-refractivity contribution in [2.45, 2.75) is 13.8 Å². The molecular weight excluding hydrogens is 256 g/mol. The quantitative estimate of drug-likeness (QED) is 0.685. The number of carbonyl (C=O) groups excluding carboxylic acids is 2. The lowest BCUT2D eigenvalue weighted by atomic mass is 9.92. The molecule has 0 aliphatic rings. The standard InChI is InChI=1S/C14H22N4O2/c1-14(2,13(16)20)8-17-12(19)10-7-9(15)5-6-11(10)18(3)4/h5-7H,8,15H2,1-4H3,(H2,16,20)(H,17,19). The fourth-order valence-electron chi connectivity index (χ4n) is 1.61. The second kappa shape index (κ2) is 5.81. The Balaban J connectivity index is 2.93. The molecule has 0 aliphatic carbocycles. The maximum absolute atomic E-state index is 12.2. The number of rotatable bonds is 5. The minimum atomic E-state index is -0.797. The molecule has 5 N–H and O–H groups in total. The van der Waals surface area contributed by atoms with Gasteiger partial charge in [0.05, 0.1) is 11.0 Å². The molecule has 0 spiro atoms. The van der Waals surface area contributed by atoms with E-state index in [1.165, 1.54) is 0 Å². The van der Waals surface area contributed by atoms with Crippen LogP contribution in [-0.4, -0.2) is 32.5 Å². The molecule has 0 aromatic heterocycles. The Hall–Kier alpha value is -2.24. The predicted octanol–water partition coefficient (Wildman–Crippen LogP) is 0.576. The molecule has 20 heavy (non-hydrogen) atoms. The highest BCUT2D eigenvalue weighted by Crippen LogP contribution is 2.22. The number of benzene rings is 1. The number of amides is 2. The molecule has 6 heteroatoms. The van der Waals surface area contributed by atoms with Crippen LogP contribution in [0.15, 0.2) is 18.2 Å². The third-order valence-electron chi connectivity index (χ3n) is 3.10. The van der Waals surface area contributed by atoms with E-state index < -0.39 is 11.3 Å². The van der Waals surface area contributed by atoms with E-state index in [9.17, 15) is 9.59 Å². The van der Waals surface area contributed by atoms with Crippen LogP contribution in [0.25, 0.3) is 0 Å². The van der Waals surface area contributed by atoms with Crippen LogP contribution in [0.3, 0.4) is 0 Å². The van der Waals surface area contributed by atoms with E-state index >= 15 is 0 Å². The predicted molar refractivity (Wildman–Crippen MR) is 80.5 cm³/mol. The van der Waals surface area contributed by atoms with Crippen molar-refractivity contribution < 1.29 is 9.59 Å². The van der Waals surface area contributed by atoms with Gasteiger partial charge in [-0.15, -0.1) is 0 Å². The SMILES string of the molecule is CN(C)c1ccc(N)cc1C(=O)NCC(C)(C)C(N)=O. The lowest BCUT2D eigenvalue weighted by Gasteiger charge is -2.22. The summed E-state index contributed by atoms with van der Waals surface area (Å²) in [5.41, 5.74) is 11.9. The van der Waals surface area contributed by atoms with E-state index in [0.717, 1.165) is 5.69 Å². The summed E-state index contributed by atoms with van der Waals surface area (Å²) in [6.45, 7) is 3.53. The van der Waals surface area contributed by atoms with E-state index in [4.69, 9.17) is 11.5 Å². The van der Waals surface area contributed by atoms with Gasteiger partial charge in [0.15, 0.2) is 0 Å². The first-order valence-corrected chi connectivity index (χ1v) is 6.30. The van der Waals surface area contributed by atoms with Gasteiger partial charge in [0.2, 0.25) is 5.91 Å². The smallest absolute Gasteiger partial charge is 0.253 e.